The molecule has 0 spiro atoms. The maximum Gasteiger partial charge on any atom is 0.412 e. The van der Waals surface area contributed by atoms with E-state index < -0.39 is 11.7 Å². The second-order valence-corrected chi connectivity index (χ2v) is 5.16. The first-order chi connectivity index (χ1) is 8.96. The van der Waals surface area contributed by atoms with Crippen molar-refractivity contribution < 1.29 is 9.53 Å². The zero-order chi connectivity index (χ0) is 13.9. The fourth-order valence-electron chi connectivity index (χ4n) is 1.66. The Balaban J connectivity index is 2.20. The molecule has 0 radical (unpaired) electrons. The standard InChI is InChI=1S/C14H17N3O2/c1-14(2,3)19-13(18)17-12-7-5-4-6-11(12)10-8-15-16-9-10/h4-9H,1-3H3,(H,15,16)(H,17,18). The van der Waals surface area contributed by atoms with E-state index in [4.69, 9.17) is 4.74 Å². The molecule has 1 aromatic carbocycles. The van der Waals surface area contributed by atoms with Crippen LogP contribution in [0.15, 0.2) is 36.7 Å². The molecule has 1 heterocycles. The van der Waals surface area contributed by atoms with E-state index in [-0.39, 0.29) is 0 Å². The molecule has 2 rings (SSSR count). The van der Waals surface area contributed by atoms with Crippen LogP contribution in [0.25, 0.3) is 11.1 Å². The number of rotatable bonds is 2. The fraction of sp³-hybridized carbons (Fsp3) is 0.286. The third-order valence-corrected chi connectivity index (χ3v) is 2.37. The van der Waals surface area contributed by atoms with Crippen molar-refractivity contribution in [2.45, 2.75) is 26.4 Å². The number of hydrogen-bond donors (Lipinski definition) is 2. The lowest BCUT2D eigenvalue weighted by atomic mass is 10.1. The maximum absolute atomic E-state index is 11.8. The fourth-order valence-corrected chi connectivity index (χ4v) is 1.66. The number of carbonyl (C=O) groups is 1. The molecule has 2 aromatic rings. The summed E-state index contributed by atoms with van der Waals surface area (Å²) in [5, 5.41) is 9.41. The molecule has 5 nitrogen and oxygen atoms in total. The number of nitrogens with zero attached hydrogens (tertiary/aromatic N) is 1. The Morgan fingerprint density at radius 1 is 1.32 bits per heavy atom. The third-order valence-electron chi connectivity index (χ3n) is 2.37. The van der Waals surface area contributed by atoms with E-state index in [1.165, 1.54) is 0 Å². The van der Waals surface area contributed by atoms with Crippen LogP contribution in [0.5, 0.6) is 0 Å². The van der Waals surface area contributed by atoms with Crippen molar-refractivity contribution in [2.75, 3.05) is 5.32 Å². The molecule has 0 aliphatic heterocycles. The first-order valence-electron chi connectivity index (χ1n) is 6.04. The number of nitrogens with one attached hydrogen (secondary N) is 2. The van der Waals surface area contributed by atoms with Gasteiger partial charge < -0.3 is 4.74 Å². The van der Waals surface area contributed by atoms with E-state index in [1.54, 1.807) is 12.4 Å². The Kier molecular flexibility index (Phi) is 3.55. The van der Waals surface area contributed by atoms with E-state index in [1.807, 2.05) is 45.0 Å². The van der Waals surface area contributed by atoms with Crippen LogP contribution in [-0.2, 0) is 4.74 Å². The van der Waals surface area contributed by atoms with Crippen molar-refractivity contribution in [1.82, 2.24) is 10.2 Å². The van der Waals surface area contributed by atoms with Gasteiger partial charge in [-0.15, -0.1) is 0 Å². The zero-order valence-electron chi connectivity index (χ0n) is 11.2. The lowest BCUT2D eigenvalue weighted by Gasteiger charge is -2.20. The third kappa shape index (κ3) is 3.58. The average molecular weight is 259 g/mol. The summed E-state index contributed by atoms with van der Waals surface area (Å²) >= 11 is 0. The molecule has 0 fully saturated rings. The second kappa shape index (κ2) is 5.14. The van der Waals surface area contributed by atoms with Gasteiger partial charge in [0, 0.05) is 17.3 Å². The van der Waals surface area contributed by atoms with E-state index in [0.29, 0.717) is 5.69 Å². The van der Waals surface area contributed by atoms with Crippen molar-refractivity contribution in [2.24, 2.45) is 0 Å². The summed E-state index contributed by atoms with van der Waals surface area (Å²) in [4.78, 5) is 11.8. The highest BCUT2D eigenvalue weighted by molar-refractivity contribution is 5.91. The lowest BCUT2D eigenvalue weighted by Crippen LogP contribution is -2.27. The molecule has 0 aliphatic rings. The van der Waals surface area contributed by atoms with Gasteiger partial charge in [0.15, 0.2) is 0 Å². The van der Waals surface area contributed by atoms with Crippen molar-refractivity contribution in [3.8, 4) is 11.1 Å². The number of benzene rings is 1. The number of anilines is 1. The first kappa shape index (κ1) is 13.1. The van der Waals surface area contributed by atoms with Crippen LogP contribution < -0.4 is 5.32 Å². The summed E-state index contributed by atoms with van der Waals surface area (Å²) < 4.78 is 5.24. The number of para-hydroxylation sites is 1. The molecular weight excluding hydrogens is 242 g/mol. The minimum absolute atomic E-state index is 0.469. The Morgan fingerprint density at radius 2 is 2.05 bits per heavy atom. The molecule has 0 bridgehead atoms. The van der Waals surface area contributed by atoms with Gasteiger partial charge in [0.2, 0.25) is 0 Å². The summed E-state index contributed by atoms with van der Waals surface area (Å²) in [6, 6.07) is 7.50. The van der Waals surface area contributed by atoms with Crippen molar-refractivity contribution in [3.63, 3.8) is 0 Å². The smallest absolute Gasteiger partial charge is 0.412 e. The number of aromatic amines is 1. The van der Waals surface area contributed by atoms with Crippen LogP contribution in [0.2, 0.25) is 0 Å². The van der Waals surface area contributed by atoms with Gasteiger partial charge in [-0.05, 0) is 26.8 Å². The summed E-state index contributed by atoms with van der Waals surface area (Å²) in [5.41, 5.74) is 1.97. The van der Waals surface area contributed by atoms with Gasteiger partial charge in [0.1, 0.15) is 5.60 Å². The summed E-state index contributed by atoms with van der Waals surface area (Å²) in [5.74, 6) is 0. The molecule has 0 unspecified atom stereocenters. The Bertz CT molecular complexity index is 556. The molecule has 1 aromatic heterocycles. The van der Waals surface area contributed by atoms with Gasteiger partial charge in [-0.25, -0.2) is 4.79 Å². The molecule has 100 valence electrons. The monoisotopic (exact) mass is 259 g/mol. The predicted molar refractivity (Wildman–Crippen MR) is 73.9 cm³/mol. The van der Waals surface area contributed by atoms with Gasteiger partial charge in [-0.1, -0.05) is 18.2 Å². The van der Waals surface area contributed by atoms with Crippen molar-refractivity contribution >= 4 is 11.8 Å². The number of aromatic nitrogens is 2. The molecule has 0 saturated carbocycles. The van der Waals surface area contributed by atoms with Gasteiger partial charge in [-0.3, -0.25) is 10.4 Å². The Hall–Kier alpha value is -2.30. The van der Waals surface area contributed by atoms with Crippen LogP contribution in [0.1, 0.15) is 20.8 Å². The average Bonchev–Trinajstić information content (AvgIpc) is 2.80. The SMILES string of the molecule is CC(C)(C)OC(=O)Nc1ccccc1-c1cn[nH]c1. The topological polar surface area (TPSA) is 67.0 Å². The molecule has 5 heteroatoms. The second-order valence-electron chi connectivity index (χ2n) is 5.16. The zero-order valence-corrected chi connectivity index (χ0v) is 11.2. The highest BCUT2D eigenvalue weighted by Crippen LogP contribution is 2.27. The molecule has 0 atom stereocenters. The van der Waals surface area contributed by atoms with Crippen molar-refractivity contribution in [3.05, 3.63) is 36.7 Å². The first-order valence-corrected chi connectivity index (χ1v) is 6.04. The Morgan fingerprint density at radius 3 is 2.68 bits per heavy atom. The number of amides is 1. The number of ether oxygens (including phenoxy) is 1. The number of hydrogen-bond acceptors (Lipinski definition) is 3. The summed E-state index contributed by atoms with van der Waals surface area (Å²) in [6.45, 7) is 5.48. The molecular formula is C14H17N3O2. The van der Waals surface area contributed by atoms with Crippen molar-refractivity contribution in [1.29, 1.82) is 0 Å². The summed E-state index contributed by atoms with van der Waals surface area (Å²) in [6.07, 6.45) is 3.01. The van der Waals surface area contributed by atoms with Gasteiger partial charge in [-0.2, -0.15) is 5.10 Å². The lowest BCUT2D eigenvalue weighted by molar-refractivity contribution is 0.0636. The van der Waals surface area contributed by atoms with Crippen LogP contribution >= 0.6 is 0 Å². The predicted octanol–water partition coefficient (Wildman–Crippen LogP) is 3.42. The van der Waals surface area contributed by atoms with E-state index in [9.17, 15) is 4.79 Å². The van der Waals surface area contributed by atoms with E-state index in [0.717, 1.165) is 11.1 Å². The van der Waals surface area contributed by atoms with Gasteiger partial charge >= 0.3 is 6.09 Å². The number of H-pyrrole nitrogens is 1. The highest BCUT2D eigenvalue weighted by Gasteiger charge is 2.17. The molecule has 19 heavy (non-hydrogen) atoms. The largest absolute Gasteiger partial charge is 0.444 e. The Labute approximate surface area is 112 Å². The van der Waals surface area contributed by atoms with Crippen LogP contribution in [-0.4, -0.2) is 21.9 Å². The molecule has 2 N–H and O–H groups in total. The summed E-state index contributed by atoms with van der Waals surface area (Å²) in [7, 11) is 0. The molecule has 0 aliphatic carbocycles. The van der Waals surface area contributed by atoms with Gasteiger partial charge in [0.25, 0.3) is 0 Å². The highest BCUT2D eigenvalue weighted by atomic mass is 16.6. The van der Waals surface area contributed by atoms with E-state index >= 15 is 0 Å². The molecule has 0 saturated heterocycles. The van der Waals surface area contributed by atoms with Crippen LogP contribution in [0, 0.1) is 0 Å². The number of carbonyl (C=O) groups excluding carboxylic acids is 1. The van der Waals surface area contributed by atoms with Crippen LogP contribution in [0.3, 0.4) is 0 Å². The maximum atomic E-state index is 11.8. The quantitative estimate of drug-likeness (QED) is 0.868. The van der Waals surface area contributed by atoms with Crippen LogP contribution in [0.4, 0.5) is 10.5 Å². The minimum Gasteiger partial charge on any atom is -0.444 e. The minimum atomic E-state index is -0.519. The van der Waals surface area contributed by atoms with E-state index in [2.05, 4.69) is 15.5 Å². The normalized spacial score (nSPS) is 11.1. The molecule has 1 amide bonds. The van der Waals surface area contributed by atoms with Gasteiger partial charge in [0.05, 0.1) is 11.9 Å².